The Hall–Kier alpha value is -3.60. The van der Waals surface area contributed by atoms with Crippen LogP contribution in [-0.2, 0) is 19.9 Å². The normalized spacial score (nSPS) is 17.7. The predicted molar refractivity (Wildman–Crippen MR) is 170 cm³/mol. The number of halogens is 1. The van der Waals surface area contributed by atoms with Crippen molar-refractivity contribution >= 4 is 22.2 Å². The fourth-order valence-electron chi connectivity index (χ4n) is 6.27. The molecular formula is C34H40FN5O3S. The number of aliphatic hydroxyl groups excluding tert-OH is 1. The highest BCUT2D eigenvalue weighted by atomic mass is 32.1. The summed E-state index contributed by atoms with van der Waals surface area (Å²) in [6.07, 6.45) is 9.87. The van der Waals surface area contributed by atoms with Crippen molar-refractivity contribution in [2.75, 3.05) is 0 Å². The highest BCUT2D eigenvalue weighted by molar-refractivity contribution is 7.12. The number of nitrogens with one attached hydrogen (secondary N) is 1. The Labute approximate surface area is 261 Å². The summed E-state index contributed by atoms with van der Waals surface area (Å²) in [7, 11) is 1.86. The Morgan fingerprint density at radius 3 is 2.82 bits per heavy atom. The van der Waals surface area contributed by atoms with Crippen LogP contribution in [0.25, 0.3) is 22.4 Å². The minimum Gasteiger partial charge on any atom is -0.454 e. The SMILES string of the molecule is Cn1nc2nc1-c1cc(ccn1)Oc1c(F)cc3[nH]ccc3c1CCCCC(C)(C)CCCC2c1ccc(CCC(O)O)s1. The lowest BCUT2D eigenvalue weighted by atomic mass is 9.81. The molecule has 4 bridgehead atoms. The Balaban J connectivity index is 1.39. The van der Waals surface area contributed by atoms with Gasteiger partial charge in [-0.3, -0.25) is 4.98 Å². The number of rotatable bonds is 4. The summed E-state index contributed by atoms with van der Waals surface area (Å²) in [6, 6.07) is 11.2. The molecular weight excluding hydrogens is 577 g/mol. The number of aliphatic hydroxyl groups is 2. The number of hydrogen-bond donors (Lipinski definition) is 3. The van der Waals surface area contributed by atoms with Crippen LogP contribution in [0.4, 0.5) is 4.39 Å². The second kappa shape index (κ2) is 12.8. The standard InChI is InChI=1S/C34H40FN5O3S/c1-34(2)15-5-4-7-24-23-14-18-36-27(23)20-26(35)31(24)43-21-13-17-37-28(19-21)33-38-32(39-40(33)3)25(8-6-16-34)29-11-9-22(44-29)10-12-30(41)42/h9,11,13-14,17-20,25,30,36,41-42H,4-8,10,12,15-16H2,1-3H3. The first kappa shape index (κ1) is 30.4. The molecule has 0 aliphatic carbocycles. The van der Waals surface area contributed by atoms with Crippen molar-refractivity contribution in [2.24, 2.45) is 12.5 Å². The minimum atomic E-state index is -1.31. The first-order chi connectivity index (χ1) is 21.2. The average Bonchev–Trinajstić information content (AvgIpc) is 3.73. The second-order valence-electron chi connectivity index (χ2n) is 12.6. The van der Waals surface area contributed by atoms with E-state index in [9.17, 15) is 10.2 Å². The zero-order valence-electron chi connectivity index (χ0n) is 25.5. The molecule has 1 unspecified atom stereocenters. The van der Waals surface area contributed by atoms with Crippen LogP contribution in [0, 0.1) is 11.2 Å². The highest BCUT2D eigenvalue weighted by Gasteiger charge is 2.26. The third-order valence-electron chi connectivity index (χ3n) is 8.69. The minimum absolute atomic E-state index is 0.00611. The van der Waals surface area contributed by atoms with E-state index in [4.69, 9.17) is 14.8 Å². The van der Waals surface area contributed by atoms with E-state index in [2.05, 4.69) is 35.9 Å². The second-order valence-corrected chi connectivity index (χ2v) is 13.8. The first-order valence-corrected chi connectivity index (χ1v) is 16.3. The lowest BCUT2D eigenvalue weighted by molar-refractivity contribution is -0.0445. The largest absolute Gasteiger partial charge is 0.454 e. The molecule has 6 rings (SSSR count). The Kier molecular flexibility index (Phi) is 8.84. The van der Waals surface area contributed by atoms with Crippen molar-refractivity contribution in [1.82, 2.24) is 24.7 Å². The summed E-state index contributed by atoms with van der Waals surface area (Å²) >= 11 is 1.69. The number of fused-ring (bicyclic) bond motifs is 8. The Bertz CT molecular complexity index is 1740. The van der Waals surface area contributed by atoms with E-state index in [-0.39, 0.29) is 17.1 Å². The molecule has 1 atom stereocenters. The highest BCUT2D eigenvalue weighted by Crippen LogP contribution is 2.39. The van der Waals surface area contributed by atoms with Gasteiger partial charge in [-0.2, -0.15) is 5.10 Å². The zero-order chi connectivity index (χ0) is 30.8. The number of benzene rings is 1. The predicted octanol–water partition coefficient (Wildman–Crippen LogP) is 7.65. The van der Waals surface area contributed by atoms with Crippen LogP contribution in [-0.4, -0.2) is 41.2 Å². The van der Waals surface area contributed by atoms with E-state index in [0.717, 1.165) is 72.1 Å². The van der Waals surface area contributed by atoms with Gasteiger partial charge in [-0.25, -0.2) is 14.1 Å². The van der Waals surface area contributed by atoms with Gasteiger partial charge in [-0.1, -0.05) is 26.7 Å². The van der Waals surface area contributed by atoms with Crippen LogP contribution in [0.15, 0.2) is 48.8 Å². The number of pyridine rings is 1. The number of nitrogens with zero attached hydrogens (tertiary/aromatic N) is 4. The molecule has 0 fully saturated rings. The van der Waals surface area contributed by atoms with Gasteiger partial charge in [0.15, 0.2) is 29.5 Å². The fourth-order valence-corrected chi connectivity index (χ4v) is 7.43. The molecule has 5 aromatic rings. The number of aromatic nitrogens is 5. The third kappa shape index (κ3) is 6.72. The van der Waals surface area contributed by atoms with Gasteiger partial charge in [0.05, 0.1) is 5.92 Å². The van der Waals surface area contributed by atoms with Gasteiger partial charge in [-0.05, 0) is 68.2 Å². The van der Waals surface area contributed by atoms with Crippen molar-refractivity contribution in [1.29, 1.82) is 0 Å². The zero-order valence-corrected chi connectivity index (χ0v) is 26.3. The van der Waals surface area contributed by atoms with Gasteiger partial charge < -0.3 is 19.9 Å². The van der Waals surface area contributed by atoms with Crippen LogP contribution in [0.1, 0.15) is 85.9 Å². The molecule has 1 aliphatic heterocycles. The molecule has 4 aromatic heterocycles. The number of ether oxygens (including phenoxy) is 1. The van der Waals surface area contributed by atoms with Crippen LogP contribution >= 0.6 is 11.3 Å². The third-order valence-corrected chi connectivity index (χ3v) is 9.95. The van der Waals surface area contributed by atoms with Crippen molar-refractivity contribution in [3.8, 4) is 23.0 Å². The van der Waals surface area contributed by atoms with Crippen molar-refractivity contribution < 1.29 is 19.3 Å². The molecule has 8 nitrogen and oxygen atoms in total. The van der Waals surface area contributed by atoms with Gasteiger partial charge >= 0.3 is 0 Å². The van der Waals surface area contributed by atoms with E-state index in [1.165, 1.54) is 10.9 Å². The summed E-state index contributed by atoms with van der Waals surface area (Å²) in [5.41, 5.74) is 2.40. The number of hydrogen-bond acceptors (Lipinski definition) is 7. The van der Waals surface area contributed by atoms with Crippen molar-refractivity contribution in [3.05, 3.63) is 75.8 Å². The molecule has 44 heavy (non-hydrogen) atoms. The Morgan fingerprint density at radius 1 is 1.14 bits per heavy atom. The summed E-state index contributed by atoms with van der Waals surface area (Å²) in [5.74, 6) is 1.70. The van der Waals surface area contributed by atoms with E-state index >= 15 is 4.39 Å². The smallest absolute Gasteiger partial charge is 0.176 e. The lowest BCUT2D eigenvalue weighted by Gasteiger charge is -2.25. The van der Waals surface area contributed by atoms with Crippen molar-refractivity contribution in [3.63, 3.8) is 0 Å². The summed E-state index contributed by atoms with van der Waals surface area (Å²) in [5, 5.41) is 24.6. The van der Waals surface area contributed by atoms with Gasteiger partial charge in [0.1, 0.15) is 11.4 Å². The molecule has 5 heterocycles. The van der Waals surface area contributed by atoms with Crippen molar-refractivity contribution in [2.45, 2.75) is 83.8 Å². The molecule has 0 saturated heterocycles. The van der Waals surface area contributed by atoms with Crippen LogP contribution in [0.5, 0.6) is 11.5 Å². The van der Waals surface area contributed by atoms with E-state index in [1.807, 2.05) is 19.3 Å². The molecule has 1 aromatic carbocycles. The molecule has 10 heteroatoms. The monoisotopic (exact) mass is 617 g/mol. The van der Waals surface area contributed by atoms with E-state index in [0.29, 0.717) is 30.1 Å². The van der Waals surface area contributed by atoms with Crippen LogP contribution < -0.4 is 4.74 Å². The maximum Gasteiger partial charge on any atom is 0.176 e. The number of thiophene rings is 1. The molecule has 1 aliphatic rings. The van der Waals surface area contributed by atoms with E-state index < -0.39 is 12.1 Å². The summed E-state index contributed by atoms with van der Waals surface area (Å²) in [4.78, 5) is 15.0. The molecule has 0 amide bonds. The Morgan fingerprint density at radius 2 is 1.98 bits per heavy atom. The van der Waals surface area contributed by atoms with E-state index in [1.54, 1.807) is 34.3 Å². The molecule has 232 valence electrons. The lowest BCUT2D eigenvalue weighted by Crippen LogP contribution is -2.12. The summed E-state index contributed by atoms with van der Waals surface area (Å²) in [6.45, 7) is 4.67. The van der Waals surface area contributed by atoms with Gasteiger partial charge in [-0.15, -0.1) is 11.3 Å². The number of aryl methyl sites for hydroxylation is 3. The van der Waals surface area contributed by atoms with Gasteiger partial charge in [0.25, 0.3) is 0 Å². The number of aromatic amines is 1. The van der Waals surface area contributed by atoms with Gasteiger partial charge in [0, 0.05) is 64.2 Å². The average molecular weight is 618 g/mol. The summed E-state index contributed by atoms with van der Waals surface area (Å²) < 4.78 is 23.6. The topological polar surface area (TPSA) is 109 Å². The first-order valence-electron chi connectivity index (χ1n) is 15.5. The molecule has 0 radical (unpaired) electrons. The number of H-pyrrole nitrogens is 1. The molecule has 0 saturated carbocycles. The molecule has 0 spiro atoms. The molecule has 3 N–H and O–H groups in total. The van der Waals surface area contributed by atoms with Crippen LogP contribution in [0.3, 0.4) is 0 Å². The van der Waals surface area contributed by atoms with Crippen LogP contribution in [0.2, 0.25) is 0 Å². The maximum atomic E-state index is 15.5. The fraction of sp³-hybridized carbons (Fsp3) is 0.441. The van der Waals surface area contributed by atoms with Gasteiger partial charge in [0.2, 0.25) is 0 Å². The quantitative estimate of drug-likeness (QED) is 0.179. The maximum absolute atomic E-state index is 15.5.